The molecule has 0 unspecified atom stereocenters. The van der Waals surface area contributed by atoms with Crippen LogP contribution in [-0.2, 0) is 14.8 Å². The lowest BCUT2D eigenvalue weighted by Crippen LogP contribution is -2.55. The zero-order chi connectivity index (χ0) is 33.2. The molecule has 3 N–H and O–H groups in total. The SMILES string of the molecule is CCOc1cc(Cl)c(S(=O)(=O)NC)cc1C1=N[C@@H](c2ccc(Cl)cc2)[C@@H](c2ccc(Cl)cc2)N1C(=O)N1CCN(CC(N)=O)CC1. The molecule has 0 radical (unpaired) electrons. The molecule has 2 atom stereocenters. The summed E-state index contributed by atoms with van der Waals surface area (Å²) in [7, 11) is -2.72. The topological polar surface area (TPSA) is 138 Å². The van der Waals surface area contributed by atoms with Crippen LogP contribution in [0, 0.1) is 0 Å². The van der Waals surface area contributed by atoms with Gasteiger partial charge in [-0.25, -0.2) is 17.9 Å². The lowest BCUT2D eigenvalue weighted by atomic mass is 9.93. The number of carbonyl (C=O) groups excluding carboxylic acids is 2. The van der Waals surface area contributed by atoms with Gasteiger partial charge in [-0.2, -0.15) is 0 Å². The average Bonchev–Trinajstić information content (AvgIpc) is 3.42. The maximum atomic E-state index is 14.7. The molecular weight excluding hydrogens is 675 g/mol. The number of halogens is 3. The Bertz CT molecular complexity index is 1750. The smallest absolute Gasteiger partial charge is 0.326 e. The Morgan fingerprint density at radius 3 is 2.09 bits per heavy atom. The number of nitrogens with zero attached hydrogens (tertiary/aromatic N) is 4. The number of carbonyl (C=O) groups is 2. The van der Waals surface area contributed by atoms with Gasteiger partial charge in [-0.1, -0.05) is 59.1 Å². The van der Waals surface area contributed by atoms with E-state index in [-0.39, 0.29) is 46.2 Å². The molecule has 3 aromatic rings. The standard InChI is InChI=1S/C31H33Cl3N6O5S/c1-3-45-25-17-24(34)26(46(43,44)36-2)16-23(25)30-37-28(19-4-8-21(32)9-5-19)29(20-6-10-22(33)11-7-20)40(30)31(42)39-14-12-38(13-15-39)18-27(35)41/h4-11,16-17,28-29,36H,3,12-15,18H2,1-2H3,(H2,35,41)/t28-,29+/m0/s1. The van der Waals surface area contributed by atoms with E-state index in [0.717, 1.165) is 11.1 Å². The number of nitrogens with one attached hydrogen (secondary N) is 1. The highest BCUT2D eigenvalue weighted by molar-refractivity contribution is 7.89. The Morgan fingerprint density at radius 1 is 0.957 bits per heavy atom. The van der Waals surface area contributed by atoms with E-state index >= 15 is 0 Å². The normalized spacial score (nSPS) is 18.8. The molecular formula is C31H33Cl3N6O5S. The average molecular weight is 708 g/mol. The number of hydrogen-bond donors (Lipinski definition) is 2. The van der Waals surface area contributed by atoms with Crippen molar-refractivity contribution in [3.8, 4) is 5.75 Å². The summed E-state index contributed by atoms with van der Waals surface area (Å²) in [6.45, 7) is 3.66. The van der Waals surface area contributed by atoms with Gasteiger partial charge in [-0.15, -0.1) is 0 Å². The second-order valence-electron chi connectivity index (χ2n) is 10.7. The lowest BCUT2D eigenvalue weighted by Gasteiger charge is -2.38. The van der Waals surface area contributed by atoms with E-state index in [1.165, 1.54) is 19.2 Å². The Kier molecular flexibility index (Phi) is 10.5. The van der Waals surface area contributed by atoms with Crippen LogP contribution in [0.3, 0.4) is 0 Å². The zero-order valence-electron chi connectivity index (χ0n) is 25.1. The summed E-state index contributed by atoms with van der Waals surface area (Å²) in [6, 6.07) is 15.5. The highest BCUT2D eigenvalue weighted by Crippen LogP contribution is 2.46. The van der Waals surface area contributed by atoms with Crippen LogP contribution in [0.25, 0.3) is 0 Å². The molecule has 1 saturated heterocycles. The maximum Gasteiger partial charge on any atom is 0.326 e. The van der Waals surface area contributed by atoms with E-state index in [1.807, 2.05) is 29.2 Å². The Hall–Kier alpha value is -3.39. The summed E-state index contributed by atoms with van der Waals surface area (Å²) in [5.41, 5.74) is 7.20. The molecule has 0 aliphatic carbocycles. The predicted molar refractivity (Wildman–Crippen MR) is 178 cm³/mol. The van der Waals surface area contributed by atoms with Crippen molar-refractivity contribution >= 4 is 62.6 Å². The van der Waals surface area contributed by atoms with Gasteiger partial charge in [-0.3, -0.25) is 19.6 Å². The minimum absolute atomic E-state index is 0.0490. The fourth-order valence-electron chi connectivity index (χ4n) is 5.63. The van der Waals surface area contributed by atoms with Crippen LogP contribution in [0.5, 0.6) is 5.75 Å². The second kappa shape index (κ2) is 14.2. The molecule has 3 amide bonds. The van der Waals surface area contributed by atoms with Crippen LogP contribution < -0.4 is 15.2 Å². The number of ether oxygens (including phenoxy) is 1. The summed E-state index contributed by atoms with van der Waals surface area (Å²) < 4.78 is 34.3. The van der Waals surface area contributed by atoms with E-state index in [2.05, 4.69) is 4.72 Å². The Balaban J connectivity index is 1.71. The summed E-state index contributed by atoms with van der Waals surface area (Å²) in [5.74, 6) is 0.0231. The third kappa shape index (κ3) is 7.12. The number of amides is 3. The first-order valence-electron chi connectivity index (χ1n) is 14.5. The minimum Gasteiger partial charge on any atom is -0.493 e. The van der Waals surface area contributed by atoms with Crippen molar-refractivity contribution in [1.29, 1.82) is 0 Å². The summed E-state index contributed by atoms with van der Waals surface area (Å²) in [6.07, 6.45) is 0. The van der Waals surface area contributed by atoms with Crippen molar-refractivity contribution in [3.63, 3.8) is 0 Å². The van der Waals surface area contributed by atoms with Gasteiger partial charge in [0.2, 0.25) is 15.9 Å². The van der Waals surface area contributed by atoms with Gasteiger partial charge < -0.3 is 15.4 Å². The fraction of sp³-hybridized carbons (Fsp3) is 0.323. The van der Waals surface area contributed by atoms with Crippen LogP contribution in [0.15, 0.2) is 70.6 Å². The second-order valence-corrected chi connectivity index (χ2v) is 13.9. The molecule has 0 bridgehead atoms. The fourth-order valence-corrected chi connectivity index (χ4v) is 7.14. The lowest BCUT2D eigenvalue weighted by molar-refractivity contribution is -0.119. The number of hydrogen-bond acceptors (Lipinski definition) is 7. The van der Waals surface area contributed by atoms with Crippen LogP contribution in [-0.4, -0.2) is 87.3 Å². The van der Waals surface area contributed by atoms with Crippen molar-refractivity contribution in [3.05, 3.63) is 92.4 Å². The summed E-state index contributed by atoms with van der Waals surface area (Å²) >= 11 is 19.0. The van der Waals surface area contributed by atoms with Gasteiger partial charge in [0.15, 0.2) is 0 Å². The van der Waals surface area contributed by atoms with Gasteiger partial charge in [0, 0.05) is 42.3 Å². The van der Waals surface area contributed by atoms with Crippen molar-refractivity contribution in [2.24, 2.45) is 10.7 Å². The predicted octanol–water partition coefficient (Wildman–Crippen LogP) is 4.72. The number of rotatable bonds is 9. The van der Waals surface area contributed by atoms with Crippen molar-refractivity contribution in [1.82, 2.24) is 19.4 Å². The number of primary amides is 1. The van der Waals surface area contributed by atoms with Crippen LogP contribution in [0.4, 0.5) is 4.79 Å². The Morgan fingerprint density at radius 2 is 1.54 bits per heavy atom. The highest BCUT2D eigenvalue weighted by atomic mass is 35.5. The molecule has 2 aliphatic heterocycles. The summed E-state index contributed by atoms with van der Waals surface area (Å²) in [4.78, 5) is 36.3. The number of benzene rings is 3. The summed E-state index contributed by atoms with van der Waals surface area (Å²) in [5, 5.41) is 1.01. The first-order valence-corrected chi connectivity index (χ1v) is 17.1. The van der Waals surface area contributed by atoms with E-state index in [0.29, 0.717) is 36.2 Å². The third-order valence-corrected chi connectivity index (χ3v) is 10.2. The van der Waals surface area contributed by atoms with Gasteiger partial charge in [0.1, 0.15) is 22.5 Å². The van der Waals surface area contributed by atoms with E-state index in [9.17, 15) is 18.0 Å². The molecule has 1 fully saturated rings. The van der Waals surface area contributed by atoms with Gasteiger partial charge in [0.25, 0.3) is 0 Å². The van der Waals surface area contributed by atoms with Gasteiger partial charge >= 0.3 is 6.03 Å². The van der Waals surface area contributed by atoms with Crippen LogP contribution >= 0.6 is 34.8 Å². The van der Waals surface area contributed by atoms with E-state index < -0.39 is 28.0 Å². The largest absolute Gasteiger partial charge is 0.493 e. The van der Waals surface area contributed by atoms with Gasteiger partial charge in [-0.05, 0) is 55.4 Å². The molecule has 15 heteroatoms. The first-order chi connectivity index (χ1) is 21.9. The molecule has 2 heterocycles. The number of piperazine rings is 1. The number of nitrogens with two attached hydrogens (primary N) is 1. The molecule has 46 heavy (non-hydrogen) atoms. The molecule has 5 rings (SSSR count). The monoisotopic (exact) mass is 706 g/mol. The molecule has 0 spiro atoms. The number of urea groups is 1. The first kappa shape index (κ1) is 34.0. The van der Waals surface area contributed by atoms with Crippen LogP contribution in [0.2, 0.25) is 15.1 Å². The molecule has 0 saturated carbocycles. The number of amidine groups is 1. The minimum atomic E-state index is -4.01. The molecule has 244 valence electrons. The third-order valence-electron chi connectivity index (χ3n) is 7.85. The molecule has 2 aliphatic rings. The zero-order valence-corrected chi connectivity index (χ0v) is 28.2. The van der Waals surface area contributed by atoms with Crippen LogP contribution in [0.1, 0.15) is 35.7 Å². The van der Waals surface area contributed by atoms with E-state index in [4.69, 9.17) is 50.3 Å². The Labute approximate surface area is 282 Å². The number of aliphatic imine (C=N–C) groups is 1. The quantitative estimate of drug-likeness (QED) is 0.330. The number of sulfonamides is 1. The van der Waals surface area contributed by atoms with Crippen molar-refractivity contribution in [2.75, 3.05) is 46.4 Å². The van der Waals surface area contributed by atoms with Crippen molar-refractivity contribution in [2.45, 2.75) is 23.9 Å². The van der Waals surface area contributed by atoms with Crippen molar-refractivity contribution < 1.29 is 22.7 Å². The van der Waals surface area contributed by atoms with Gasteiger partial charge in [0.05, 0.1) is 29.8 Å². The molecule has 3 aromatic carbocycles. The highest BCUT2D eigenvalue weighted by Gasteiger charge is 2.45. The molecule has 0 aromatic heterocycles. The maximum absolute atomic E-state index is 14.7. The van der Waals surface area contributed by atoms with E-state index in [1.54, 1.807) is 41.0 Å². The molecule has 11 nitrogen and oxygen atoms in total.